The van der Waals surface area contributed by atoms with Crippen LogP contribution in [0.1, 0.15) is 6.92 Å². The Balaban J connectivity index is 2.23. The van der Waals surface area contributed by atoms with Crippen molar-refractivity contribution in [3.63, 3.8) is 0 Å². The zero-order valence-corrected chi connectivity index (χ0v) is 4.76. The molecule has 8 heavy (non-hydrogen) atoms. The van der Waals surface area contributed by atoms with Crippen LogP contribution in [0.15, 0.2) is 12.2 Å². The van der Waals surface area contributed by atoms with Crippen LogP contribution >= 0.6 is 0 Å². The second-order valence-electron chi connectivity index (χ2n) is 1.84. The van der Waals surface area contributed by atoms with Gasteiger partial charge in [0.05, 0.1) is 12.7 Å². The first-order chi connectivity index (χ1) is 3.79. The van der Waals surface area contributed by atoms with Gasteiger partial charge in [0.25, 0.3) is 0 Å². The first-order valence-electron chi connectivity index (χ1n) is 2.59. The fraction of sp³-hybridized carbons (Fsp3) is 0.500. The summed E-state index contributed by atoms with van der Waals surface area (Å²) in [4.78, 5) is 10.2. The molecule has 0 radical (unpaired) electrons. The molecule has 1 atom stereocenters. The van der Waals surface area contributed by atoms with E-state index in [1.165, 1.54) is 13.0 Å². The molecule has 0 aliphatic carbocycles. The summed E-state index contributed by atoms with van der Waals surface area (Å²) in [6.45, 7) is 2.31. The monoisotopic (exact) mass is 112 g/mol. The molecular formula is C6H8O2. The van der Waals surface area contributed by atoms with Gasteiger partial charge in [-0.25, -0.2) is 0 Å². The van der Waals surface area contributed by atoms with Gasteiger partial charge in [-0.05, 0) is 13.0 Å². The number of allylic oxidation sites excluding steroid dienone is 1. The van der Waals surface area contributed by atoms with Crippen LogP contribution in [0.4, 0.5) is 0 Å². The smallest absolute Gasteiger partial charge is 0.152 e. The van der Waals surface area contributed by atoms with Crippen LogP contribution in [0.3, 0.4) is 0 Å². The third-order valence-electron chi connectivity index (χ3n) is 0.905. The Labute approximate surface area is 48.1 Å². The standard InChI is InChI=1S/C6H8O2/c1-5(7)2-3-6-4-8-6/h2-3,6H,4H2,1H3/b3-2+. The highest BCUT2D eigenvalue weighted by atomic mass is 16.6. The molecule has 1 rings (SSSR count). The van der Waals surface area contributed by atoms with E-state index >= 15 is 0 Å². The van der Waals surface area contributed by atoms with E-state index in [4.69, 9.17) is 4.74 Å². The van der Waals surface area contributed by atoms with Gasteiger partial charge in [0.1, 0.15) is 0 Å². The lowest BCUT2D eigenvalue weighted by Gasteiger charge is -1.74. The number of epoxide rings is 1. The Morgan fingerprint density at radius 1 is 1.88 bits per heavy atom. The summed E-state index contributed by atoms with van der Waals surface area (Å²) in [7, 11) is 0. The molecule has 1 aliphatic rings. The molecule has 0 amide bonds. The molecule has 0 bridgehead atoms. The zero-order chi connectivity index (χ0) is 5.98. The number of ether oxygens (including phenoxy) is 1. The highest BCUT2D eigenvalue weighted by molar-refractivity contribution is 5.87. The molecule has 1 aliphatic heterocycles. The van der Waals surface area contributed by atoms with Crippen LogP contribution in [-0.4, -0.2) is 18.5 Å². The molecule has 0 saturated carbocycles. The van der Waals surface area contributed by atoms with Crippen molar-refractivity contribution < 1.29 is 9.53 Å². The average molecular weight is 112 g/mol. The van der Waals surface area contributed by atoms with E-state index in [2.05, 4.69) is 0 Å². The van der Waals surface area contributed by atoms with Gasteiger partial charge in [-0.1, -0.05) is 6.08 Å². The Hall–Kier alpha value is -0.630. The molecule has 0 spiro atoms. The largest absolute Gasteiger partial charge is 0.369 e. The van der Waals surface area contributed by atoms with Gasteiger partial charge in [0.15, 0.2) is 5.78 Å². The van der Waals surface area contributed by atoms with E-state index in [-0.39, 0.29) is 11.9 Å². The van der Waals surface area contributed by atoms with E-state index < -0.39 is 0 Å². The molecule has 1 heterocycles. The molecule has 1 saturated heterocycles. The van der Waals surface area contributed by atoms with Crippen molar-refractivity contribution in [2.75, 3.05) is 6.61 Å². The minimum atomic E-state index is 0.0838. The first kappa shape index (κ1) is 5.51. The highest BCUT2D eigenvalue weighted by Crippen LogP contribution is 2.09. The van der Waals surface area contributed by atoms with Gasteiger partial charge >= 0.3 is 0 Å². The van der Waals surface area contributed by atoms with Crippen molar-refractivity contribution in [3.05, 3.63) is 12.2 Å². The summed E-state index contributed by atoms with van der Waals surface area (Å²) in [6, 6.07) is 0. The Morgan fingerprint density at radius 2 is 2.50 bits per heavy atom. The molecule has 0 aromatic carbocycles. The van der Waals surface area contributed by atoms with Gasteiger partial charge in [-0.3, -0.25) is 4.79 Å². The first-order valence-corrected chi connectivity index (χ1v) is 2.59. The topological polar surface area (TPSA) is 29.6 Å². The summed E-state index contributed by atoms with van der Waals surface area (Å²) in [5.41, 5.74) is 0. The number of carbonyl (C=O) groups excluding carboxylic acids is 1. The summed E-state index contributed by atoms with van der Waals surface area (Å²) >= 11 is 0. The van der Waals surface area contributed by atoms with E-state index in [1.807, 2.05) is 0 Å². The lowest BCUT2D eigenvalue weighted by Crippen LogP contribution is -1.82. The minimum absolute atomic E-state index is 0.0838. The number of hydrogen-bond acceptors (Lipinski definition) is 2. The van der Waals surface area contributed by atoms with E-state index in [0.717, 1.165) is 6.61 Å². The lowest BCUT2D eigenvalue weighted by atomic mass is 10.3. The molecule has 1 fully saturated rings. The summed E-state index contributed by atoms with van der Waals surface area (Å²) < 4.78 is 4.82. The van der Waals surface area contributed by atoms with Gasteiger partial charge in [-0.2, -0.15) is 0 Å². The molecule has 44 valence electrons. The van der Waals surface area contributed by atoms with Crippen molar-refractivity contribution in [2.24, 2.45) is 0 Å². The normalized spacial score (nSPS) is 26.4. The SMILES string of the molecule is CC(=O)/C=C/C1CO1. The van der Waals surface area contributed by atoms with Crippen LogP contribution in [0.5, 0.6) is 0 Å². The molecule has 0 aromatic rings. The number of carbonyl (C=O) groups is 1. The summed E-state index contributed by atoms with van der Waals surface area (Å²) in [5.74, 6) is 0.0838. The Morgan fingerprint density at radius 3 is 2.88 bits per heavy atom. The maximum Gasteiger partial charge on any atom is 0.152 e. The average Bonchev–Trinajstić information content (AvgIpc) is 2.41. The molecule has 2 nitrogen and oxygen atoms in total. The number of rotatable bonds is 2. The third-order valence-corrected chi connectivity index (χ3v) is 0.905. The van der Waals surface area contributed by atoms with Crippen LogP contribution in [-0.2, 0) is 9.53 Å². The molecular weight excluding hydrogens is 104 g/mol. The lowest BCUT2D eigenvalue weighted by molar-refractivity contribution is -0.112. The zero-order valence-electron chi connectivity index (χ0n) is 4.76. The number of ketones is 1. The van der Waals surface area contributed by atoms with Gasteiger partial charge in [-0.15, -0.1) is 0 Å². The maximum absolute atomic E-state index is 10.2. The van der Waals surface area contributed by atoms with Crippen LogP contribution in [0, 0.1) is 0 Å². The molecule has 0 aromatic heterocycles. The highest BCUT2D eigenvalue weighted by Gasteiger charge is 2.17. The van der Waals surface area contributed by atoms with E-state index in [0.29, 0.717) is 0 Å². The maximum atomic E-state index is 10.2. The van der Waals surface area contributed by atoms with Gasteiger partial charge in [0, 0.05) is 0 Å². The van der Waals surface area contributed by atoms with Crippen LogP contribution in [0.25, 0.3) is 0 Å². The van der Waals surface area contributed by atoms with Crippen LogP contribution < -0.4 is 0 Å². The number of hydrogen-bond donors (Lipinski definition) is 0. The molecule has 1 unspecified atom stereocenters. The Bertz CT molecular complexity index is 122. The van der Waals surface area contributed by atoms with Crippen molar-refractivity contribution in [2.45, 2.75) is 13.0 Å². The quantitative estimate of drug-likeness (QED) is 0.385. The fourth-order valence-electron chi connectivity index (χ4n) is 0.410. The Kier molecular flexibility index (Phi) is 1.44. The molecule has 2 heteroatoms. The van der Waals surface area contributed by atoms with Crippen molar-refractivity contribution in [1.29, 1.82) is 0 Å². The van der Waals surface area contributed by atoms with Crippen molar-refractivity contribution >= 4 is 5.78 Å². The minimum Gasteiger partial charge on any atom is -0.369 e. The van der Waals surface area contributed by atoms with Gasteiger partial charge < -0.3 is 4.74 Å². The molecule has 0 N–H and O–H groups in total. The summed E-state index contributed by atoms with van der Waals surface area (Å²) in [6.07, 6.45) is 3.55. The second-order valence-corrected chi connectivity index (χ2v) is 1.84. The summed E-state index contributed by atoms with van der Waals surface area (Å²) in [5, 5.41) is 0. The van der Waals surface area contributed by atoms with Crippen molar-refractivity contribution in [3.8, 4) is 0 Å². The predicted molar refractivity (Wildman–Crippen MR) is 29.6 cm³/mol. The van der Waals surface area contributed by atoms with E-state index in [9.17, 15) is 4.79 Å². The second kappa shape index (κ2) is 2.09. The van der Waals surface area contributed by atoms with E-state index in [1.54, 1.807) is 6.08 Å². The van der Waals surface area contributed by atoms with Gasteiger partial charge in [0.2, 0.25) is 0 Å². The fourth-order valence-corrected chi connectivity index (χ4v) is 0.410. The van der Waals surface area contributed by atoms with Crippen LogP contribution in [0.2, 0.25) is 0 Å². The predicted octanol–water partition coefficient (Wildman–Crippen LogP) is 0.530. The third kappa shape index (κ3) is 1.89. The van der Waals surface area contributed by atoms with Crippen molar-refractivity contribution in [1.82, 2.24) is 0 Å².